The zero-order chi connectivity index (χ0) is 5.98. The minimum absolute atomic E-state index is 0.698. The Labute approximate surface area is 49.1 Å². The van der Waals surface area contributed by atoms with Gasteiger partial charge in [0.15, 0.2) is 12.4 Å². The SMILES string of the molecule is CC1=C(C)[O+]CCO1. The molecule has 0 saturated carbocycles. The molecule has 0 atom stereocenters. The van der Waals surface area contributed by atoms with Crippen molar-refractivity contribution in [1.82, 2.24) is 0 Å². The van der Waals surface area contributed by atoms with E-state index in [2.05, 4.69) is 0 Å². The van der Waals surface area contributed by atoms with E-state index >= 15 is 0 Å². The first-order valence-corrected chi connectivity index (χ1v) is 2.74. The number of ether oxygens (including phenoxy) is 2. The predicted octanol–water partition coefficient (Wildman–Crippen LogP) is 1.28. The van der Waals surface area contributed by atoms with Gasteiger partial charge in [0.25, 0.3) is 6.61 Å². The second kappa shape index (κ2) is 2.07. The monoisotopic (exact) mass is 114 g/mol. The van der Waals surface area contributed by atoms with Crippen LogP contribution >= 0.6 is 0 Å². The van der Waals surface area contributed by atoms with E-state index in [-0.39, 0.29) is 0 Å². The maximum absolute atomic E-state index is 5.14. The van der Waals surface area contributed by atoms with Crippen LogP contribution in [0, 0.1) is 0 Å². The van der Waals surface area contributed by atoms with Gasteiger partial charge in [0, 0.05) is 6.92 Å². The third-order valence-electron chi connectivity index (χ3n) is 1.22. The topological polar surface area (TPSA) is 20.5 Å². The summed E-state index contributed by atoms with van der Waals surface area (Å²) in [5, 5.41) is 0. The van der Waals surface area contributed by atoms with E-state index in [1.54, 1.807) is 0 Å². The average molecular weight is 114 g/mol. The normalized spacial score (nSPS) is 19.8. The summed E-state index contributed by atoms with van der Waals surface area (Å²) in [5.74, 6) is 1.83. The van der Waals surface area contributed by atoms with Crippen LogP contribution in [0.15, 0.2) is 11.5 Å². The molecule has 2 nitrogen and oxygen atoms in total. The van der Waals surface area contributed by atoms with E-state index in [1.165, 1.54) is 0 Å². The lowest BCUT2D eigenvalue weighted by atomic mass is 10.4. The van der Waals surface area contributed by atoms with Crippen LogP contribution < -0.4 is 0 Å². The second-order valence-corrected chi connectivity index (χ2v) is 1.81. The Morgan fingerprint density at radius 1 is 1.50 bits per heavy atom. The van der Waals surface area contributed by atoms with Gasteiger partial charge in [0.05, 0.1) is 6.92 Å². The van der Waals surface area contributed by atoms with Crippen LogP contribution in [0.25, 0.3) is 0 Å². The molecule has 0 aromatic carbocycles. The highest BCUT2D eigenvalue weighted by Crippen LogP contribution is 2.10. The van der Waals surface area contributed by atoms with Crippen LogP contribution in [0.2, 0.25) is 0 Å². The van der Waals surface area contributed by atoms with Crippen LogP contribution in [0.3, 0.4) is 0 Å². The van der Waals surface area contributed by atoms with Crippen molar-refractivity contribution in [2.24, 2.45) is 0 Å². The Morgan fingerprint density at radius 3 is 2.62 bits per heavy atom. The summed E-state index contributed by atoms with van der Waals surface area (Å²) >= 11 is 0. The largest absolute Gasteiger partial charge is 0.479 e. The molecule has 0 spiro atoms. The van der Waals surface area contributed by atoms with E-state index in [4.69, 9.17) is 9.47 Å². The zero-order valence-corrected chi connectivity index (χ0v) is 5.23. The third-order valence-corrected chi connectivity index (χ3v) is 1.22. The van der Waals surface area contributed by atoms with Crippen LogP contribution in [-0.2, 0) is 9.47 Å². The van der Waals surface area contributed by atoms with E-state index in [0.29, 0.717) is 13.2 Å². The molecule has 45 valence electrons. The zero-order valence-electron chi connectivity index (χ0n) is 5.23. The van der Waals surface area contributed by atoms with E-state index in [0.717, 1.165) is 11.5 Å². The molecule has 1 heterocycles. The lowest BCUT2D eigenvalue weighted by Gasteiger charge is -2.05. The fraction of sp³-hybridized carbons (Fsp3) is 0.667. The van der Waals surface area contributed by atoms with Gasteiger partial charge in [-0.2, -0.15) is 0 Å². The minimum Gasteiger partial charge on any atom is -0.479 e. The summed E-state index contributed by atoms with van der Waals surface area (Å²) < 4.78 is 10.3. The lowest BCUT2D eigenvalue weighted by molar-refractivity contribution is 0.0648. The highest BCUT2D eigenvalue weighted by atomic mass is 16.6. The van der Waals surface area contributed by atoms with E-state index in [9.17, 15) is 0 Å². The number of hydrogen-bond donors (Lipinski definition) is 0. The highest BCUT2D eigenvalue weighted by molar-refractivity contribution is 4.96. The summed E-state index contributed by atoms with van der Waals surface area (Å²) in [4.78, 5) is 0. The number of rotatable bonds is 0. The van der Waals surface area contributed by atoms with Crippen molar-refractivity contribution < 1.29 is 9.47 Å². The van der Waals surface area contributed by atoms with Gasteiger partial charge in [-0.3, -0.25) is 4.74 Å². The Bertz CT molecular complexity index is 102. The van der Waals surface area contributed by atoms with Crippen LogP contribution in [-0.4, -0.2) is 13.2 Å². The summed E-state index contributed by atoms with van der Waals surface area (Å²) in [6, 6.07) is 0. The van der Waals surface area contributed by atoms with Crippen LogP contribution in [0.1, 0.15) is 13.8 Å². The maximum atomic E-state index is 5.14. The predicted molar refractivity (Wildman–Crippen MR) is 30.3 cm³/mol. The van der Waals surface area contributed by atoms with Crippen molar-refractivity contribution >= 4 is 0 Å². The Kier molecular flexibility index (Phi) is 1.42. The third kappa shape index (κ3) is 0.941. The lowest BCUT2D eigenvalue weighted by Crippen LogP contribution is -2.10. The quantitative estimate of drug-likeness (QED) is 0.442. The Morgan fingerprint density at radius 2 is 2.25 bits per heavy atom. The molecule has 0 aliphatic carbocycles. The van der Waals surface area contributed by atoms with E-state index < -0.39 is 0 Å². The molecule has 0 bridgehead atoms. The van der Waals surface area contributed by atoms with Crippen molar-refractivity contribution in [2.75, 3.05) is 13.2 Å². The van der Waals surface area contributed by atoms with Gasteiger partial charge in [0.2, 0.25) is 0 Å². The molecular formula is C6H10O2+. The van der Waals surface area contributed by atoms with Gasteiger partial charge < -0.3 is 4.74 Å². The molecule has 2 heteroatoms. The van der Waals surface area contributed by atoms with Crippen molar-refractivity contribution in [3.8, 4) is 0 Å². The molecule has 0 aromatic heterocycles. The van der Waals surface area contributed by atoms with Gasteiger partial charge in [0.1, 0.15) is 0 Å². The molecule has 0 unspecified atom stereocenters. The van der Waals surface area contributed by atoms with Crippen molar-refractivity contribution in [2.45, 2.75) is 13.8 Å². The van der Waals surface area contributed by atoms with Gasteiger partial charge in [-0.05, 0) is 0 Å². The molecule has 1 aliphatic heterocycles. The average Bonchev–Trinajstić information content (AvgIpc) is 1.77. The molecule has 0 saturated heterocycles. The Balaban J connectivity index is 2.60. The molecule has 1 radical (unpaired) electrons. The molecule has 0 fully saturated rings. The molecule has 0 aromatic rings. The van der Waals surface area contributed by atoms with Crippen LogP contribution in [0.5, 0.6) is 0 Å². The summed E-state index contributed by atoms with van der Waals surface area (Å²) in [6.07, 6.45) is 0. The molecule has 0 amide bonds. The Hall–Kier alpha value is -0.660. The molecule has 1 rings (SSSR count). The molecule has 1 aliphatic rings. The first-order chi connectivity index (χ1) is 3.80. The molecule has 8 heavy (non-hydrogen) atoms. The number of hydrogen-bond acceptors (Lipinski definition) is 2. The highest BCUT2D eigenvalue weighted by Gasteiger charge is 2.16. The fourth-order valence-corrected chi connectivity index (χ4v) is 0.593. The van der Waals surface area contributed by atoms with Crippen molar-refractivity contribution in [3.05, 3.63) is 11.5 Å². The van der Waals surface area contributed by atoms with Gasteiger partial charge >= 0.3 is 5.76 Å². The standard InChI is InChI=1S/C6H10O2/c1-5-6(2)8-4-3-7-5/h3-4H2,1-2H3/q+1. The van der Waals surface area contributed by atoms with Gasteiger partial charge in [-0.25, -0.2) is 0 Å². The number of allylic oxidation sites excluding steroid dienone is 2. The first kappa shape index (κ1) is 5.48. The maximum Gasteiger partial charge on any atom is 0.353 e. The van der Waals surface area contributed by atoms with Crippen molar-refractivity contribution in [3.63, 3.8) is 0 Å². The molecular weight excluding hydrogens is 104 g/mol. The van der Waals surface area contributed by atoms with Crippen LogP contribution in [0.4, 0.5) is 0 Å². The molecule has 0 N–H and O–H groups in total. The smallest absolute Gasteiger partial charge is 0.353 e. The van der Waals surface area contributed by atoms with Gasteiger partial charge in [-0.15, -0.1) is 0 Å². The van der Waals surface area contributed by atoms with E-state index in [1.807, 2.05) is 13.8 Å². The summed E-state index contributed by atoms with van der Waals surface area (Å²) in [6.45, 7) is 5.22. The van der Waals surface area contributed by atoms with Crippen molar-refractivity contribution in [1.29, 1.82) is 0 Å². The fourth-order valence-electron chi connectivity index (χ4n) is 0.593. The summed E-state index contributed by atoms with van der Waals surface area (Å²) in [7, 11) is 0. The summed E-state index contributed by atoms with van der Waals surface area (Å²) in [5.41, 5.74) is 0. The first-order valence-electron chi connectivity index (χ1n) is 2.74. The second-order valence-electron chi connectivity index (χ2n) is 1.81. The van der Waals surface area contributed by atoms with Gasteiger partial charge in [-0.1, -0.05) is 0 Å². The minimum atomic E-state index is 0.698.